The molecule has 0 aliphatic carbocycles. The molecule has 10 heavy (non-hydrogen) atoms. The van der Waals surface area contributed by atoms with Gasteiger partial charge in [-0.1, -0.05) is 6.42 Å². The van der Waals surface area contributed by atoms with E-state index in [0.717, 1.165) is 32.5 Å². The van der Waals surface area contributed by atoms with Crippen LogP contribution in [-0.4, -0.2) is 24.9 Å². The van der Waals surface area contributed by atoms with Crippen LogP contribution in [0.2, 0.25) is 0 Å². The van der Waals surface area contributed by atoms with Crippen molar-refractivity contribution in [1.82, 2.24) is 0 Å². The molecule has 1 saturated heterocycles. The smallest absolute Gasteiger partial charge is 0.0873 e. The molecule has 3 heteroatoms. The third-order valence-electron chi connectivity index (χ3n) is 1.71. The maximum absolute atomic E-state index is 8.48. The molecule has 3 nitrogen and oxygen atoms in total. The van der Waals surface area contributed by atoms with Gasteiger partial charge >= 0.3 is 0 Å². The summed E-state index contributed by atoms with van der Waals surface area (Å²) in [6.45, 7) is 1.76. The Balaban J connectivity index is 1.91. The van der Waals surface area contributed by atoms with Crippen molar-refractivity contribution in [3.63, 3.8) is 0 Å². The number of aliphatic hydroxyl groups is 1. The fraction of sp³-hybridized carbons (Fsp3) is 1.00. The Bertz CT molecular complexity index is 78.9. The minimum Gasteiger partial charge on any atom is -0.396 e. The number of hydrogen-bond acceptors (Lipinski definition) is 3. The van der Waals surface area contributed by atoms with E-state index < -0.39 is 0 Å². The molecule has 0 amide bonds. The van der Waals surface area contributed by atoms with Gasteiger partial charge in [0.1, 0.15) is 0 Å². The van der Waals surface area contributed by atoms with Gasteiger partial charge in [0.25, 0.3) is 0 Å². The summed E-state index contributed by atoms with van der Waals surface area (Å²) >= 11 is 0. The fourth-order valence-corrected chi connectivity index (χ4v) is 1.05. The SMILES string of the molecule is OCCCCC1COOC1. The predicted octanol–water partition coefficient (Wildman–Crippen LogP) is 0.727. The van der Waals surface area contributed by atoms with E-state index in [1.54, 1.807) is 0 Å². The second-order valence-electron chi connectivity index (χ2n) is 2.65. The maximum Gasteiger partial charge on any atom is 0.0873 e. The molecule has 1 fully saturated rings. The number of aliphatic hydroxyl groups excluding tert-OH is 1. The molecule has 0 unspecified atom stereocenters. The average molecular weight is 146 g/mol. The van der Waals surface area contributed by atoms with Crippen molar-refractivity contribution in [2.24, 2.45) is 5.92 Å². The van der Waals surface area contributed by atoms with Gasteiger partial charge in [0.05, 0.1) is 13.2 Å². The predicted molar refractivity (Wildman–Crippen MR) is 36.3 cm³/mol. The van der Waals surface area contributed by atoms with Crippen LogP contribution in [0.15, 0.2) is 0 Å². The summed E-state index contributed by atoms with van der Waals surface area (Å²) in [5.41, 5.74) is 0. The molecule has 0 radical (unpaired) electrons. The van der Waals surface area contributed by atoms with Crippen molar-refractivity contribution in [3.8, 4) is 0 Å². The summed E-state index contributed by atoms with van der Waals surface area (Å²) in [5.74, 6) is 0.562. The van der Waals surface area contributed by atoms with Crippen LogP contribution in [-0.2, 0) is 9.78 Å². The van der Waals surface area contributed by atoms with Crippen LogP contribution in [0.5, 0.6) is 0 Å². The first-order chi connectivity index (χ1) is 4.93. The Kier molecular flexibility index (Phi) is 3.72. The summed E-state index contributed by atoms with van der Waals surface area (Å²) in [6.07, 6.45) is 3.09. The molecule has 0 aromatic rings. The largest absolute Gasteiger partial charge is 0.396 e. The third kappa shape index (κ3) is 2.64. The molecular weight excluding hydrogens is 132 g/mol. The van der Waals surface area contributed by atoms with Gasteiger partial charge in [0.15, 0.2) is 0 Å². The van der Waals surface area contributed by atoms with E-state index in [9.17, 15) is 0 Å². The third-order valence-corrected chi connectivity index (χ3v) is 1.71. The first-order valence-electron chi connectivity index (χ1n) is 3.78. The van der Waals surface area contributed by atoms with Gasteiger partial charge in [0.2, 0.25) is 0 Å². The lowest BCUT2D eigenvalue weighted by atomic mass is 10.1. The molecule has 0 saturated carbocycles. The minimum absolute atomic E-state index is 0.300. The maximum atomic E-state index is 8.48. The summed E-state index contributed by atoms with van der Waals surface area (Å²) in [6, 6.07) is 0. The second kappa shape index (κ2) is 4.66. The lowest BCUT2D eigenvalue weighted by Gasteiger charge is -2.02. The van der Waals surface area contributed by atoms with Crippen LogP contribution in [0.3, 0.4) is 0 Å². The second-order valence-corrected chi connectivity index (χ2v) is 2.65. The normalized spacial score (nSPS) is 20.1. The molecule has 0 atom stereocenters. The molecule has 0 bridgehead atoms. The van der Waals surface area contributed by atoms with Gasteiger partial charge in [-0.05, 0) is 12.8 Å². The molecule has 1 aliphatic rings. The van der Waals surface area contributed by atoms with Crippen LogP contribution in [0.1, 0.15) is 19.3 Å². The Morgan fingerprint density at radius 3 is 2.50 bits per heavy atom. The van der Waals surface area contributed by atoms with Gasteiger partial charge in [-0.25, -0.2) is 9.78 Å². The fourth-order valence-electron chi connectivity index (χ4n) is 1.05. The standard InChI is InChI=1S/C7H14O3/c8-4-2-1-3-7-5-9-10-6-7/h7-8H,1-6H2. The van der Waals surface area contributed by atoms with Gasteiger partial charge in [-0.2, -0.15) is 0 Å². The van der Waals surface area contributed by atoms with Crippen LogP contribution < -0.4 is 0 Å². The lowest BCUT2D eigenvalue weighted by Crippen LogP contribution is -2.02. The molecular formula is C7H14O3. The van der Waals surface area contributed by atoms with E-state index in [2.05, 4.69) is 0 Å². The highest BCUT2D eigenvalue weighted by Gasteiger charge is 2.15. The lowest BCUT2D eigenvalue weighted by molar-refractivity contribution is -0.248. The van der Waals surface area contributed by atoms with Crippen LogP contribution in [0, 0.1) is 5.92 Å². The van der Waals surface area contributed by atoms with E-state index in [1.807, 2.05) is 0 Å². The van der Waals surface area contributed by atoms with Gasteiger partial charge in [0, 0.05) is 12.5 Å². The molecule has 0 aromatic carbocycles. The zero-order valence-electron chi connectivity index (χ0n) is 6.08. The molecule has 60 valence electrons. The van der Waals surface area contributed by atoms with E-state index >= 15 is 0 Å². The van der Waals surface area contributed by atoms with Crippen LogP contribution >= 0.6 is 0 Å². The van der Waals surface area contributed by atoms with Crippen molar-refractivity contribution >= 4 is 0 Å². The van der Waals surface area contributed by atoms with Crippen molar-refractivity contribution in [1.29, 1.82) is 0 Å². The number of unbranched alkanes of at least 4 members (excludes halogenated alkanes) is 1. The highest BCUT2D eigenvalue weighted by atomic mass is 17.2. The summed E-state index contributed by atoms with van der Waals surface area (Å²) in [5, 5.41) is 8.48. The zero-order valence-corrected chi connectivity index (χ0v) is 6.08. The molecule has 1 aliphatic heterocycles. The van der Waals surface area contributed by atoms with Gasteiger partial charge in [-0.3, -0.25) is 0 Å². The highest BCUT2D eigenvalue weighted by molar-refractivity contribution is 4.58. The Morgan fingerprint density at radius 1 is 1.20 bits per heavy atom. The number of rotatable bonds is 4. The van der Waals surface area contributed by atoms with Crippen molar-refractivity contribution in [2.75, 3.05) is 19.8 Å². The number of hydrogen-bond donors (Lipinski definition) is 1. The highest BCUT2D eigenvalue weighted by Crippen LogP contribution is 2.14. The van der Waals surface area contributed by atoms with Gasteiger partial charge < -0.3 is 5.11 Å². The molecule has 1 heterocycles. The van der Waals surface area contributed by atoms with Crippen LogP contribution in [0.25, 0.3) is 0 Å². The summed E-state index contributed by atoms with van der Waals surface area (Å²) < 4.78 is 0. The van der Waals surface area contributed by atoms with Crippen LogP contribution in [0.4, 0.5) is 0 Å². The molecule has 1 N–H and O–H groups in total. The van der Waals surface area contributed by atoms with Crippen molar-refractivity contribution in [3.05, 3.63) is 0 Å². The van der Waals surface area contributed by atoms with E-state index in [0.29, 0.717) is 12.5 Å². The Hall–Kier alpha value is -0.120. The zero-order chi connectivity index (χ0) is 7.23. The van der Waals surface area contributed by atoms with Gasteiger partial charge in [-0.15, -0.1) is 0 Å². The topological polar surface area (TPSA) is 38.7 Å². The minimum atomic E-state index is 0.300. The monoisotopic (exact) mass is 146 g/mol. The van der Waals surface area contributed by atoms with E-state index in [4.69, 9.17) is 14.9 Å². The van der Waals surface area contributed by atoms with Crippen molar-refractivity contribution in [2.45, 2.75) is 19.3 Å². The summed E-state index contributed by atoms with van der Waals surface area (Å²) in [4.78, 5) is 9.45. The molecule has 0 spiro atoms. The van der Waals surface area contributed by atoms with E-state index in [1.165, 1.54) is 0 Å². The van der Waals surface area contributed by atoms with E-state index in [-0.39, 0.29) is 0 Å². The molecule has 0 aromatic heterocycles. The first kappa shape index (κ1) is 7.98. The molecule has 1 rings (SSSR count). The average Bonchev–Trinajstić information content (AvgIpc) is 2.41. The quantitative estimate of drug-likeness (QED) is 0.469. The first-order valence-corrected chi connectivity index (χ1v) is 3.78. The van der Waals surface area contributed by atoms with Crippen molar-refractivity contribution < 1.29 is 14.9 Å². The Morgan fingerprint density at radius 2 is 1.90 bits per heavy atom. The Labute approximate surface area is 60.9 Å². The summed E-state index contributed by atoms with van der Waals surface area (Å²) in [7, 11) is 0.